The van der Waals surface area contributed by atoms with E-state index in [1.54, 1.807) is 0 Å². The third-order valence-electron chi connectivity index (χ3n) is 3.27. The van der Waals surface area contributed by atoms with E-state index in [9.17, 15) is 4.79 Å². The Bertz CT molecular complexity index is 390. The highest BCUT2D eigenvalue weighted by molar-refractivity contribution is 5.81. The topological polar surface area (TPSA) is 32.3 Å². The Hall–Kier alpha value is -1.35. The highest BCUT2D eigenvalue weighted by atomic mass is 16.2. The Kier molecular flexibility index (Phi) is 5.86. The lowest BCUT2D eigenvalue weighted by Crippen LogP contribution is -2.43. The van der Waals surface area contributed by atoms with Crippen LogP contribution >= 0.6 is 0 Å². The molecule has 0 aliphatic carbocycles. The minimum atomic E-state index is -0.101. The summed E-state index contributed by atoms with van der Waals surface area (Å²) in [6, 6.07) is 8.19. The van der Waals surface area contributed by atoms with Gasteiger partial charge in [-0.2, -0.15) is 0 Å². The minimum Gasteiger partial charge on any atom is -0.355 e. The molecule has 1 atom stereocenters. The number of likely N-dealkylation sites (N-methyl/N-ethyl adjacent to an activating group) is 1. The molecule has 1 N–H and O–H groups in total. The van der Waals surface area contributed by atoms with E-state index in [1.807, 2.05) is 26.1 Å². The highest BCUT2D eigenvalue weighted by Gasteiger charge is 2.17. The van der Waals surface area contributed by atoms with Crippen molar-refractivity contribution in [1.29, 1.82) is 0 Å². The molecule has 1 unspecified atom stereocenters. The average molecular weight is 248 g/mol. The Morgan fingerprint density at radius 3 is 2.67 bits per heavy atom. The van der Waals surface area contributed by atoms with E-state index in [2.05, 4.69) is 36.2 Å². The molecule has 1 amide bonds. The monoisotopic (exact) mass is 248 g/mol. The number of amides is 1. The Morgan fingerprint density at radius 2 is 2.06 bits per heavy atom. The van der Waals surface area contributed by atoms with Crippen LogP contribution in [0.4, 0.5) is 0 Å². The second-order valence-electron chi connectivity index (χ2n) is 4.81. The van der Waals surface area contributed by atoms with Crippen molar-refractivity contribution in [1.82, 2.24) is 10.2 Å². The van der Waals surface area contributed by atoms with Gasteiger partial charge >= 0.3 is 0 Å². The zero-order valence-electron chi connectivity index (χ0n) is 11.9. The van der Waals surface area contributed by atoms with E-state index in [1.165, 1.54) is 11.1 Å². The van der Waals surface area contributed by atoms with Gasteiger partial charge in [0.25, 0.3) is 0 Å². The number of nitrogens with one attached hydrogen (secondary N) is 1. The molecular formula is C15H24N2O. The maximum Gasteiger partial charge on any atom is 0.237 e. The molecule has 100 valence electrons. The number of nitrogens with zero attached hydrogens (tertiary/aromatic N) is 1. The van der Waals surface area contributed by atoms with Gasteiger partial charge in [0.15, 0.2) is 0 Å². The molecule has 0 aliphatic rings. The summed E-state index contributed by atoms with van der Waals surface area (Å²) in [4.78, 5) is 13.9. The summed E-state index contributed by atoms with van der Waals surface area (Å²) in [5.41, 5.74) is 2.54. The fraction of sp³-hybridized carbons (Fsp3) is 0.533. The molecule has 0 heterocycles. The normalized spacial score (nSPS) is 12.5. The fourth-order valence-electron chi connectivity index (χ4n) is 1.79. The maximum absolute atomic E-state index is 11.9. The van der Waals surface area contributed by atoms with E-state index in [-0.39, 0.29) is 11.9 Å². The third kappa shape index (κ3) is 4.15. The summed E-state index contributed by atoms with van der Waals surface area (Å²) in [5, 5.41) is 2.93. The summed E-state index contributed by atoms with van der Waals surface area (Å²) < 4.78 is 0. The van der Waals surface area contributed by atoms with Gasteiger partial charge in [-0.3, -0.25) is 9.69 Å². The van der Waals surface area contributed by atoms with Crippen LogP contribution in [0.5, 0.6) is 0 Å². The Morgan fingerprint density at radius 1 is 1.39 bits per heavy atom. The van der Waals surface area contributed by atoms with Crippen LogP contribution in [0.3, 0.4) is 0 Å². The molecule has 3 nitrogen and oxygen atoms in total. The van der Waals surface area contributed by atoms with E-state index in [4.69, 9.17) is 0 Å². The average Bonchev–Trinajstić information content (AvgIpc) is 2.37. The number of hydrogen-bond donors (Lipinski definition) is 1. The maximum atomic E-state index is 11.9. The molecule has 0 saturated heterocycles. The molecule has 1 rings (SSSR count). The smallest absolute Gasteiger partial charge is 0.237 e. The van der Waals surface area contributed by atoms with Gasteiger partial charge < -0.3 is 5.32 Å². The Balaban J connectivity index is 2.57. The molecule has 3 heteroatoms. The molecule has 0 aliphatic heterocycles. The lowest BCUT2D eigenvalue weighted by atomic mass is 10.1. The first-order valence-corrected chi connectivity index (χ1v) is 6.58. The molecule has 0 spiro atoms. The van der Waals surface area contributed by atoms with Crippen LogP contribution in [-0.4, -0.2) is 30.4 Å². The van der Waals surface area contributed by atoms with Crippen LogP contribution in [0.15, 0.2) is 24.3 Å². The van der Waals surface area contributed by atoms with E-state index < -0.39 is 0 Å². The van der Waals surface area contributed by atoms with Crippen molar-refractivity contribution in [3.8, 4) is 0 Å². The van der Waals surface area contributed by atoms with Gasteiger partial charge in [-0.15, -0.1) is 0 Å². The predicted octanol–water partition coefficient (Wildman–Crippen LogP) is 2.34. The number of rotatable bonds is 6. The second-order valence-corrected chi connectivity index (χ2v) is 4.81. The largest absolute Gasteiger partial charge is 0.355 e. The van der Waals surface area contributed by atoms with Crippen LogP contribution in [0.1, 0.15) is 31.4 Å². The lowest BCUT2D eigenvalue weighted by Gasteiger charge is -2.24. The van der Waals surface area contributed by atoms with Crippen LogP contribution in [0.2, 0.25) is 0 Å². The fourth-order valence-corrected chi connectivity index (χ4v) is 1.79. The molecule has 18 heavy (non-hydrogen) atoms. The number of carbonyl (C=O) groups is 1. The van der Waals surface area contributed by atoms with Gasteiger partial charge in [0.05, 0.1) is 6.04 Å². The van der Waals surface area contributed by atoms with E-state index in [0.717, 1.165) is 19.5 Å². The zero-order valence-corrected chi connectivity index (χ0v) is 11.9. The summed E-state index contributed by atoms with van der Waals surface area (Å²) in [6.07, 6.45) is 0.972. The van der Waals surface area contributed by atoms with Gasteiger partial charge in [-0.25, -0.2) is 0 Å². The van der Waals surface area contributed by atoms with E-state index >= 15 is 0 Å². The number of hydrogen-bond acceptors (Lipinski definition) is 2. The standard InChI is InChI=1S/C15H24N2O/c1-5-10-16-15(18)13(3)17(4)11-14-9-7-6-8-12(14)2/h6-9,13H,5,10-11H2,1-4H3,(H,16,18). The molecule has 0 radical (unpaired) electrons. The summed E-state index contributed by atoms with van der Waals surface area (Å²) in [5.74, 6) is 0.105. The number of benzene rings is 1. The van der Waals surface area contributed by atoms with Crippen molar-refractivity contribution in [3.63, 3.8) is 0 Å². The molecule has 0 saturated carbocycles. The first-order valence-electron chi connectivity index (χ1n) is 6.58. The van der Waals surface area contributed by atoms with Gasteiger partial charge in [0.2, 0.25) is 5.91 Å². The molecule has 0 bridgehead atoms. The molecule has 1 aromatic rings. The summed E-state index contributed by atoms with van der Waals surface area (Å²) in [7, 11) is 1.99. The molecular weight excluding hydrogens is 224 g/mol. The molecule has 0 aromatic heterocycles. The van der Waals surface area contributed by atoms with Gasteiger partial charge in [0.1, 0.15) is 0 Å². The highest BCUT2D eigenvalue weighted by Crippen LogP contribution is 2.11. The van der Waals surface area contributed by atoms with Gasteiger partial charge in [0, 0.05) is 13.1 Å². The second kappa shape index (κ2) is 7.17. The minimum absolute atomic E-state index is 0.101. The molecule has 0 fully saturated rings. The van der Waals surface area contributed by atoms with Crippen molar-refractivity contribution >= 4 is 5.91 Å². The summed E-state index contributed by atoms with van der Waals surface area (Å²) >= 11 is 0. The van der Waals surface area contributed by atoms with Crippen LogP contribution in [0.25, 0.3) is 0 Å². The predicted molar refractivity (Wildman–Crippen MR) is 75.4 cm³/mol. The third-order valence-corrected chi connectivity index (χ3v) is 3.27. The first kappa shape index (κ1) is 14.7. The number of carbonyl (C=O) groups excluding carboxylic acids is 1. The van der Waals surface area contributed by atoms with Crippen molar-refractivity contribution in [2.24, 2.45) is 0 Å². The SMILES string of the molecule is CCCNC(=O)C(C)N(C)Cc1ccccc1C. The first-order chi connectivity index (χ1) is 8.56. The van der Waals surface area contributed by atoms with Crippen LogP contribution in [0, 0.1) is 6.92 Å². The van der Waals surface area contributed by atoms with Crippen molar-refractivity contribution < 1.29 is 4.79 Å². The Labute approximate surface area is 110 Å². The summed E-state index contributed by atoms with van der Waals surface area (Å²) in [6.45, 7) is 7.66. The zero-order chi connectivity index (χ0) is 13.5. The molecule has 1 aromatic carbocycles. The lowest BCUT2D eigenvalue weighted by molar-refractivity contribution is -0.125. The van der Waals surface area contributed by atoms with Crippen molar-refractivity contribution in [2.75, 3.05) is 13.6 Å². The van der Waals surface area contributed by atoms with Gasteiger partial charge in [-0.05, 0) is 38.4 Å². The van der Waals surface area contributed by atoms with E-state index in [0.29, 0.717) is 0 Å². The van der Waals surface area contributed by atoms with Crippen molar-refractivity contribution in [3.05, 3.63) is 35.4 Å². The van der Waals surface area contributed by atoms with Crippen molar-refractivity contribution in [2.45, 2.75) is 39.8 Å². The van der Waals surface area contributed by atoms with Crippen LogP contribution in [-0.2, 0) is 11.3 Å². The van der Waals surface area contributed by atoms with Crippen LogP contribution < -0.4 is 5.32 Å². The van der Waals surface area contributed by atoms with Gasteiger partial charge in [-0.1, -0.05) is 31.2 Å². The number of aryl methyl sites for hydroxylation is 1. The quantitative estimate of drug-likeness (QED) is 0.838.